The lowest BCUT2D eigenvalue weighted by Crippen LogP contribution is -2.18. The number of ether oxygens (including phenoxy) is 2. The molecule has 0 bridgehead atoms. The first-order valence-corrected chi connectivity index (χ1v) is 4.43. The Morgan fingerprint density at radius 2 is 2.00 bits per heavy atom. The minimum atomic E-state index is -5.17. The molecule has 0 fully saturated rings. The van der Waals surface area contributed by atoms with Gasteiger partial charge in [-0.3, -0.25) is 0 Å². The summed E-state index contributed by atoms with van der Waals surface area (Å²) in [6.45, 7) is 0. The van der Waals surface area contributed by atoms with Crippen LogP contribution in [0.25, 0.3) is 0 Å². The molecule has 0 aliphatic rings. The van der Waals surface area contributed by atoms with Crippen molar-refractivity contribution in [3.8, 4) is 11.6 Å². The molecule has 1 heterocycles. The maximum Gasteiger partial charge on any atom is 0.575 e. The second-order valence-corrected chi connectivity index (χ2v) is 3.01. The minimum Gasteiger partial charge on any atom is -0.496 e. The first kappa shape index (κ1) is 14.9. The van der Waals surface area contributed by atoms with Crippen molar-refractivity contribution in [2.24, 2.45) is 0 Å². The van der Waals surface area contributed by atoms with E-state index in [0.717, 1.165) is 7.11 Å². The number of pyridine rings is 1. The Morgan fingerprint density at radius 3 is 2.37 bits per heavy atom. The summed E-state index contributed by atoms with van der Waals surface area (Å²) in [5, 5.41) is 10.5. The zero-order chi connectivity index (χ0) is 14.8. The van der Waals surface area contributed by atoms with E-state index >= 15 is 0 Å². The molecule has 19 heavy (non-hydrogen) atoms. The topological polar surface area (TPSA) is 74.5 Å². The van der Waals surface area contributed by atoms with Crippen LogP contribution in [0.3, 0.4) is 0 Å². The summed E-state index contributed by atoms with van der Waals surface area (Å²) in [6.07, 6.45) is -8.51. The summed E-state index contributed by atoms with van der Waals surface area (Å²) in [4.78, 5) is 12.0. The van der Waals surface area contributed by atoms with E-state index in [9.17, 15) is 32.1 Å². The normalized spacial score (nSPS) is 11.5. The van der Waals surface area contributed by atoms with Gasteiger partial charge in [-0.2, -0.15) is 0 Å². The van der Waals surface area contributed by atoms with Gasteiger partial charge in [-0.05, 0) is 4.92 Å². The van der Waals surface area contributed by atoms with Crippen LogP contribution in [-0.4, -0.2) is 23.4 Å². The SMILES string of the molecule is COc1cc(OC(F)(F)F)nc([N+](=O)[O-])c1C(F)F. The molecule has 0 saturated carbocycles. The Hall–Kier alpha value is -2.20. The van der Waals surface area contributed by atoms with Crippen molar-refractivity contribution in [3.05, 3.63) is 21.7 Å². The van der Waals surface area contributed by atoms with Gasteiger partial charge in [0, 0.05) is 4.98 Å². The molecule has 106 valence electrons. The average molecular weight is 288 g/mol. The first-order valence-electron chi connectivity index (χ1n) is 4.43. The fourth-order valence-corrected chi connectivity index (χ4v) is 1.18. The molecule has 11 heteroatoms. The van der Waals surface area contributed by atoms with Crippen LogP contribution >= 0.6 is 0 Å². The summed E-state index contributed by atoms with van der Waals surface area (Å²) in [6, 6.07) is 0.391. The number of rotatable bonds is 4. The van der Waals surface area contributed by atoms with Crippen molar-refractivity contribution in [1.29, 1.82) is 0 Å². The maximum atomic E-state index is 12.6. The lowest BCUT2D eigenvalue weighted by Gasteiger charge is -2.10. The van der Waals surface area contributed by atoms with Gasteiger partial charge in [0.15, 0.2) is 5.56 Å². The Bertz CT molecular complexity index is 491. The lowest BCUT2D eigenvalue weighted by molar-refractivity contribution is -0.391. The maximum absolute atomic E-state index is 12.6. The number of hydrogen-bond donors (Lipinski definition) is 0. The number of alkyl halides is 5. The van der Waals surface area contributed by atoms with Crippen LogP contribution in [0.2, 0.25) is 0 Å². The Kier molecular flexibility index (Phi) is 4.07. The molecule has 0 amide bonds. The molecule has 1 aromatic rings. The van der Waals surface area contributed by atoms with Gasteiger partial charge in [-0.15, -0.1) is 13.2 Å². The molecule has 0 saturated heterocycles. The van der Waals surface area contributed by atoms with Gasteiger partial charge in [-0.1, -0.05) is 0 Å². The smallest absolute Gasteiger partial charge is 0.496 e. The standard InChI is InChI=1S/C8H5F5N2O4/c1-18-3-2-4(19-8(11,12)13)14-7(15(16)17)5(3)6(9)10/h2,6H,1H3. The van der Waals surface area contributed by atoms with Crippen LogP contribution in [0.5, 0.6) is 11.6 Å². The predicted molar refractivity (Wildman–Crippen MR) is 49.1 cm³/mol. The van der Waals surface area contributed by atoms with Gasteiger partial charge < -0.3 is 19.6 Å². The molecule has 0 unspecified atom stereocenters. The molecule has 1 rings (SSSR count). The van der Waals surface area contributed by atoms with Crippen molar-refractivity contribution in [1.82, 2.24) is 4.98 Å². The van der Waals surface area contributed by atoms with Crippen molar-refractivity contribution >= 4 is 5.82 Å². The molecular weight excluding hydrogens is 283 g/mol. The first-order chi connectivity index (χ1) is 8.65. The highest BCUT2D eigenvalue weighted by molar-refractivity contribution is 5.48. The van der Waals surface area contributed by atoms with E-state index < -0.39 is 40.7 Å². The molecule has 0 aromatic carbocycles. The zero-order valence-electron chi connectivity index (χ0n) is 9.07. The summed E-state index contributed by atoms with van der Waals surface area (Å²) in [7, 11) is 0.863. The third-order valence-electron chi connectivity index (χ3n) is 1.81. The quantitative estimate of drug-likeness (QED) is 0.484. The molecule has 1 aromatic heterocycles. The Balaban J connectivity index is 3.40. The van der Waals surface area contributed by atoms with E-state index in [1.807, 2.05) is 0 Å². The van der Waals surface area contributed by atoms with Gasteiger partial charge >= 0.3 is 18.1 Å². The van der Waals surface area contributed by atoms with Gasteiger partial charge in [0.2, 0.25) is 0 Å². The second kappa shape index (κ2) is 5.20. The van der Waals surface area contributed by atoms with Gasteiger partial charge in [-0.25, -0.2) is 8.78 Å². The zero-order valence-corrected chi connectivity index (χ0v) is 9.07. The van der Waals surface area contributed by atoms with Crippen molar-refractivity contribution in [2.75, 3.05) is 7.11 Å². The summed E-state index contributed by atoms with van der Waals surface area (Å²) < 4.78 is 68.8. The molecular formula is C8H5F5N2O4. The van der Waals surface area contributed by atoms with E-state index in [4.69, 9.17) is 0 Å². The van der Waals surface area contributed by atoms with Crippen molar-refractivity contribution in [2.45, 2.75) is 12.8 Å². The Labute approximate surface area is 101 Å². The molecule has 0 atom stereocenters. The van der Waals surface area contributed by atoms with Crippen LogP contribution in [0.1, 0.15) is 12.0 Å². The number of hydrogen-bond acceptors (Lipinski definition) is 5. The molecule has 0 N–H and O–H groups in total. The summed E-state index contributed by atoms with van der Waals surface area (Å²) in [5.41, 5.74) is -1.22. The monoisotopic (exact) mass is 288 g/mol. The van der Waals surface area contributed by atoms with E-state index in [1.54, 1.807) is 0 Å². The fourth-order valence-electron chi connectivity index (χ4n) is 1.18. The predicted octanol–water partition coefficient (Wildman–Crippen LogP) is 2.83. The number of methoxy groups -OCH3 is 1. The number of aromatic nitrogens is 1. The van der Waals surface area contributed by atoms with Crippen LogP contribution in [0.15, 0.2) is 6.07 Å². The Morgan fingerprint density at radius 1 is 1.42 bits per heavy atom. The van der Waals surface area contributed by atoms with E-state index in [0.29, 0.717) is 6.07 Å². The van der Waals surface area contributed by atoms with Crippen molar-refractivity contribution < 1.29 is 36.3 Å². The summed E-state index contributed by atoms with van der Waals surface area (Å²) in [5.74, 6) is -3.55. The average Bonchev–Trinajstić information content (AvgIpc) is 2.24. The third kappa shape index (κ3) is 3.63. The molecule has 0 aliphatic heterocycles. The van der Waals surface area contributed by atoms with E-state index in [2.05, 4.69) is 14.5 Å². The van der Waals surface area contributed by atoms with Crippen LogP contribution in [-0.2, 0) is 0 Å². The molecule has 0 spiro atoms. The third-order valence-corrected chi connectivity index (χ3v) is 1.81. The number of halogens is 5. The second-order valence-electron chi connectivity index (χ2n) is 3.01. The number of nitrogens with zero attached hydrogens (tertiary/aromatic N) is 2. The lowest BCUT2D eigenvalue weighted by atomic mass is 10.2. The highest BCUT2D eigenvalue weighted by Gasteiger charge is 2.37. The van der Waals surface area contributed by atoms with Gasteiger partial charge in [0.05, 0.1) is 13.2 Å². The van der Waals surface area contributed by atoms with E-state index in [-0.39, 0.29) is 0 Å². The molecule has 6 nitrogen and oxygen atoms in total. The van der Waals surface area contributed by atoms with E-state index in [1.165, 1.54) is 0 Å². The highest BCUT2D eigenvalue weighted by Crippen LogP contribution is 2.38. The highest BCUT2D eigenvalue weighted by atomic mass is 19.4. The van der Waals surface area contributed by atoms with Crippen molar-refractivity contribution in [3.63, 3.8) is 0 Å². The minimum absolute atomic E-state index is 0.391. The fraction of sp³-hybridized carbons (Fsp3) is 0.375. The summed E-state index contributed by atoms with van der Waals surface area (Å²) >= 11 is 0. The largest absolute Gasteiger partial charge is 0.575 e. The van der Waals surface area contributed by atoms with Gasteiger partial charge in [0.1, 0.15) is 5.75 Å². The number of nitro groups is 1. The molecule has 0 aliphatic carbocycles. The van der Waals surface area contributed by atoms with Crippen LogP contribution in [0.4, 0.5) is 27.8 Å². The van der Waals surface area contributed by atoms with Gasteiger partial charge in [0.25, 0.3) is 6.43 Å². The van der Waals surface area contributed by atoms with Crippen LogP contribution < -0.4 is 9.47 Å². The van der Waals surface area contributed by atoms with Crippen LogP contribution in [0, 0.1) is 10.1 Å². The molecule has 0 radical (unpaired) electrons.